The second-order valence-corrected chi connectivity index (χ2v) is 7.55. The number of carboxylic acid groups (broad SMARTS) is 1. The van der Waals surface area contributed by atoms with Gasteiger partial charge in [-0.25, -0.2) is 0 Å². The molecule has 0 aliphatic carbocycles. The first-order valence-corrected chi connectivity index (χ1v) is 9.49. The van der Waals surface area contributed by atoms with E-state index in [2.05, 4.69) is 10.2 Å². The molecule has 0 saturated heterocycles. The minimum atomic E-state index is -1.04. The van der Waals surface area contributed by atoms with Crippen molar-refractivity contribution >= 4 is 52.5 Å². The number of aromatic nitrogens is 2. The van der Waals surface area contributed by atoms with E-state index in [0.29, 0.717) is 26.4 Å². The molecule has 0 saturated carbocycles. The van der Waals surface area contributed by atoms with Crippen molar-refractivity contribution in [2.45, 2.75) is 17.1 Å². The highest BCUT2D eigenvalue weighted by molar-refractivity contribution is 8.00. The Bertz CT molecular complexity index is 950. The number of aliphatic carboxylic acids is 1. The summed E-state index contributed by atoms with van der Waals surface area (Å²) in [6, 6.07) is 11.3. The topological polar surface area (TPSA) is 85.5 Å². The van der Waals surface area contributed by atoms with Crippen molar-refractivity contribution in [1.29, 1.82) is 0 Å². The number of carbonyl (C=O) groups is 1. The number of benzene rings is 2. The first kappa shape index (κ1) is 19.8. The summed E-state index contributed by atoms with van der Waals surface area (Å²) >= 11 is 18.6. The summed E-state index contributed by atoms with van der Waals surface area (Å²) in [5, 5.41) is 17.7. The van der Waals surface area contributed by atoms with Gasteiger partial charge in [-0.15, -0.1) is 10.2 Å². The van der Waals surface area contributed by atoms with Crippen LogP contribution in [0.2, 0.25) is 15.1 Å². The Labute approximate surface area is 173 Å². The van der Waals surface area contributed by atoms with E-state index >= 15 is 0 Å². The number of rotatable bonds is 7. The van der Waals surface area contributed by atoms with Crippen LogP contribution in [0.1, 0.15) is 16.7 Å². The van der Waals surface area contributed by atoms with Gasteiger partial charge in [-0.05, 0) is 47.7 Å². The van der Waals surface area contributed by atoms with Crippen LogP contribution in [0.3, 0.4) is 0 Å². The zero-order valence-corrected chi connectivity index (χ0v) is 16.5. The molecule has 0 aliphatic heterocycles. The largest absolute Gasteiger partial charge is 0.482 e. The van der Waals surface area contributed by atoms with Crippen LogP contribution in [0.25, 0.3) is 0 Å². The lowest BCUT2D eigenvalue weighted by Gasteiger charge is -2.09. The van der Waals surface area contributed by atoms with Crippen molar-refractivity contribution in [3.8, 4) is 5.75 Å². The van der Waals surface area contributed by atoms with Gasteiger partial charge in [-0.3, -0.25) is 4.79 Å². The molecule has 3 aromatic rings. The average Bonchev–Trinajstić information content (AvgIpc) is 3.07. The van der Waals surface area contributed by atoms with Crippen molar-refractivity contribution in [2.24, 2.45) is 0 Å². The van der Waals surface area contributed by atoms with Crippen LogP contribution in [-0.4, -0.2) is 21.3 Å². The number of ether oxygens (including phenoxy) is 1. The molecule has 6 nitrogen and oxygen atoms in total. The third-order valence-corrected chi connectivity index (χ3v) is 5.17. The molecule has 0 radical (unpaired) electrons. The van der Waals surface area contributed by atoms with Crippen LogP contribution in [0, 0.1) is 0 Å². The van der Waals surface area contributed by atoms with Gasteiger partial charge in [0.2, 0.25) is 0 Å². The van der Waals surface area contributed by atoms with E-state index in [0.717, 1.165) is 11.8 Å². The second kappa shape index (κ2) is 8.84. The summed E-state index contributed by atoms with van der Waals surface area (Å²) in [4.78, 5) is 11.6. The Hall–Kier alpha value is -1.93. The van der Waals surface area contributed by atoms with Gasteiger partial charge < -0.3 is 14.3 Å². The average molecular weight is 446 g/mol. The first-order chi connectivity index (χ1) is 12.9. The Morgan fingerprint density at radius 3 is 2.48 bits per heavy atom. The van der Waals surface area contributed by atoms with Gasteiger partial charge in [0.05, 0.1) is 5.02 Å². The molecule has 0 aliphatic rings. The molecule has 140 valence electrons. The molecule has 27 heavy (non-hydrogen) atoms. The van der Waals surface area contributed by atoms with Crippen LogP contribution < -0.4 is 4.74 Å². The summed E-state index contributed by atoms with van der Waals surface area (Å²) in [7, 11) is 0. The monoisotopic (exact) mass is 444 g/mol. The second-order valence-electron chi connectivity index (χ2n) is 5.21. The van der Waals surface area contributed by atoms with Crippen LogP contribution in [0.5, 0.6) is 5.75 Å². The molecule has 2 aromatic carbocycles. The zero-order chi connectivity index (χ0) is 19.4. The van der Waals surface area contributed by atoms with Gasteiger partial charge in [-0.2, -0.15) is 0 Å². The van der Waals surface area contributed by atoms with Crippen molar-refractivity contribution in [3.63, 3.8) is 0 Å². The number of carboxylic acids is 1. The summed E-state index contributed by atoms with van der Waals surface area (Å²) in [6.07, 6.45) is 0. The van der Waals surface area contributed by atoms with Crippen LogP contribution >= 0.6 is 46.6 Å². The summed E-state index contributed by atoms with van der Waals surface area (Å²) in [6.45, 7) is -0.0202. The maximum atomic E-state index is 11.6. The number of hydrogen-bond acceptors (Lipinski definition) is 6. The molecule has 0 spiro atoms. The van der Waals surface area contributed by atoms with Gasteiger partial charge in [0.25, 0.3) is 11.1 Å². The predicted octanol–water partition coefficient (Wildman–Crippen LogP) is 5.53. The molecule has 1 heterocycles. The van der Waals surface area contributed by atoms with Crippen molar-refractivity contribution < 1.29 is 19.1 Å². The first-order valence-electron chi connectivity index (χ1n) is 7.47. The third-order valence-electron chi connectivity index (χ3n) is 3.31. The molecule has 1 atom stereocenters. The van der Waals surface area contributed by atoms with Crippen molar-refractivity contribution in [1.82, 2.24) is 10.2 Å². The molecule has 0 unspecified atom stereocenters. The minimum Gasteiger partial charge on any atom is -0.482 e. The van der Waals surface area contributed by atoms with E-state index < -0.39 is 11.2 Å². The summed E-state index contributed by atoms with van der Waals surface area (Å²) in [5.41, 5.74) is 0.556. The lowest BCUT2D eigenvalue weighted by molar-refractivity contribution is -0.136. The molecule has 1 N–H and O–H groups in total. The quantitative estimate of drug-likeness (QED) is 0.479. The Morgan fingerprint density at radius 2 is 1.81 bits per heavy atom. The summed E-state index contributed by atoms with van der Waals surface area (Å²) < 4.78 is 11.0. The fourth-order valence-electron chi connectivity index (χ4n) is 2.08. The molecule has 0 bridgehead atoms. The zero-order valence-electron chi connectivity index (χ0n) is 13.4. The SMILES string of the molecule is O=C(O)[C@@H](Sc1nnc(COc2ccc(Cl)cc2Cl)o1)c1ccc(Cl)cc1. The van der Waals surface area contributed by atoms with E-state index in [1.165, 1.54) is 0 Å². The van der Waals surface area contributed by atoms with E-state index in [4.69, 9.17) is 44.0 Å². The maximum absolute atomic E-state index is 11.6. The standard InChI is InChI=1S/C17H11Cl3N2O4S/c18-10-3-1-9(2-4-10)15(16(23)24)27-17-22-21-14(26-17)8-25-13-6-5-11(19)7-12(13)20/h1-7,15H,8H2,(H,23,24)/t15-/m0/s1. The van der Waals surface area contributed by atoms with E-state index in [1.54, 1.807) is 42.5 Å². The highest BCUT2D eigenvalue weighted by Gasteiger charge is 2.24. The maximum Gasteiger partial charge on any atom is 0.321 e. The van der Waals surface area contributed by atoms with Crippen molar-refractivity contribution in [2.75, 3.05) is 0 Å². The highest BCUT2D eigenvalue weighted by Crippen LogP contribution is 2.35. The van der Waals surface area contributed by atoms with Gasteiger partial charge in [-0.1, -0.05) is 46.9 Å². The Kier molecular flexibility index (Phi) is 6.49. The Balaban J connectivity index is 1.67. The lowest BCUT2D eigenvalue weighted by atomic mass is 10.1. The lowest BCUT2D eigenvalue weighted by Crippen LogP contribution is -2.07. The molecule has 10 heteroatoms. The normalized spacial score (nSPS) is 12.0. The molecule has 0 fully saturated rings. The van der Waals surface area contributed by atoms with Gasteiger partial charge >= 0.3 is 5.97 Å². The smallest absolute Gasteiger partial charge is 0.321 e. The third kappa shape index (κ3) is 5.29. The minimum absolute atomic E-state index is 0.0202. The van der Waals surface area contributed by atoms with Crippen LogP contribution in [0.4, 0.5) is 0 Å². The number of thioether (sulfide) groups is 1. The highest BCUT2D eigenvalue weighted by atomic mass is 35.5. The fraction of sp³-hybridized carbons (Fsp3) is 0.118. The Morgan fingerprint density at radius 1 is 1.11 bits per heavy atom. The van der Waals surface area contributed by atoms with Crippen LogP contribution in [-0.2, 0) is 11.4 Å². The van der Waals surface area contributed by atoms with E-state index in [1.807, 2.05) is 0 Å². The molecular weight excluding hydrogens is 435 g/mol. The molecule has 3 rings (SSSR count). The van der Waals surface area contributed by atoms with Crippen LogP contribution in [0.15, 0.2) is 52.1 Å². The molecular formula is C17H11Cl3N2O4S. The summed E-state index contributed by atoms with van der Waals surface area (Å²) in [5.74, 6) is -0.437. The molecule has 1 aromatic heterocycles. The predicted molar refractivity (Wildman–Crippen MR) is 103 cm³/mol. The van der Waals surface area contributed by atoms with Gasteiger partial charge in [0, 0.05) is 10.0 Å². The van der Waals surface area contributed by atoms with Gasteiger partial charge in [0.15, 0.2) is 6.61 Å². The number of nitrogens with zero attached hydrogens (tertiary/aromatic N) is 2. The number of halogens is 3. The molecule has 0 amide bonds. The van der Waals surface area contributed by atoms with E-state index in [-0.39, 0.29) is 17.7 Å². The van der Waals surface area contributed by atoms with Gasteiger partial charge in [0.1, 0.15) is 11.0 Å². The van der Waals surface area contributed by atoms with E-state index in [9.17, 15) is 9.90 Å². The number of hydrogen-bond donors (Lipinski definition) is 1. The fourth-order valence-corrected chi connectivity index (χ4v) is 3.49. The van der Waals surface area contributed by atoms with Crippen molar-refractivity contribution in [3.05, 3.63) is 69.0 Å².